The Kier molecular flexibility index (Phi) is 54.2. The van der Waals surface area contributed by atoms with E-state index in [2.05, 4.69) is 191 Å². The first-order valence-corrected chi connectivity index (χ1v) is 27.9. The maximum Gasteiger partial charge on any atom is 0.306 e. The van der Waals surface area contributed by atoms with Crippen LogP contribution < -0.4 is 0 Å². The first-order chi connectivity index (χ1) is 36.0. The van der Waals surface area contributed by atoms with Gasteiger partial charge in [0, 0.05) is 19.3 Å². The molecule has 0 radical (unpaired) electrons. The Hall–Kier alpha value is -5.75. The van der Waals surface area contributed by atoms with Crippen molar-refractivity contribution in [3.8, 4) is 0 Å². The van der Waals surface area contributed by atoms with Crippen LogP contribution in [0.15, 0.2) is 194 Å². The fourth-order valence-corrected chi connectivity index (χ4v) is 6.48. The molecule has 0 aliphatic rings. The van der Waals surface area contributed by atoms with Crippen LogP contribution in [-0.4, -0.2) is 37.2 Å². The monoisotopic (exact) mass is 999 g/mol. The highest BCUT2D eigenvalue weighted by Crippen LogP contribution is 2.08. The Morgan fingerprint density at radius 3 is 0.863 bits per heavy atom. The van der Waals surface area contributed by atoms with Gasteiger partial charge < -0.3 is 14.2 Å². The van der Waals surface area contributed by atoms with Gasteiger partial charge in [0.2, 0.25) is 0 Å². The van der Waals surface area contributed by atoms with Gasteiger partial charge in [0.05, 0.1) is 0 Å². The van der Waals surface area contributed by atoms with E-state index in [9.17, 15) is 14.4 Å². The van der Waals surface area contributed by atoms with Crippen LogP contribution >= 0.6 is 0 Å². The minimum Gasteiger partial charge on any atom is -0.462 e. The summed E-state index contributed by atoms with van der Waals surface area (Å²) in [5, 5.41) is 0. The zero-order chi connectivity index (χ0) is 52.9. The summed E-state index contributed by atoms with van der Waals surface area (Å²) in [6.45, 7) is 6.17. The van der Waals surface area contributed by atoms with Crippen molar-refractivity contribution in [3.63, 3.8) is 0 Å². The van der Waals surface area contributed by atoms with Crippen LogP contribution in [0.4, 0.5) is 0 Å². The number of carbonyl (C=O) groups is 3. The largest absolute Gasteiger partial charge is 0.462 e. The summed E-state index contributed by atoms with van der Waals surface area (Å²) in [5.74, 6) is -1.21. The molecule has 6 heteroatoms. The lowest BCUT2D eigenvalue weighted by Crippen LogP contribution is -2.30. The van der Waals surface area contributed by atoms with Crippen molar-refractivity contribution in [1.29, 1.82) is 0 Å². The highest BCUT2D eigenvalue weighted by Gasteiger charge is 2.19. The number of ether oxygens (including phenoxy) is 3. The molecule has 0 heterocycles. The van der Waals surface area contributed by atoms with Crippen LogP contribution in [-0.2, 0) is 28.6 Å². The summed E-state index contributed by atoms with van der Waals surface area (Å²) in [5.41, 5.74) is 0. The van der Waals surface area contributed by atoms with Gasteiger partial charge in [-0.3, -0.25) is 14.4 Å². The van der Waals surface area contributed by atoms with Crippen molar-refractivity contribution in [2.24, 2.45) is 0 Å². The maximum atomic E-state index is 12.8. The number of hydrogen-bond acceptors (Lipinski definition) is 6. The van der Waals surface area contributed by atoms with E-state index in [1.807, 2.05) is 24.3 Å². The Labute approximate surface area is 446 Å². The highest BCUT2D eigenvalue weighted by atomic mass is 16.6. The molecule has 402 valence electrons. The van der Waals surface area contributed by atoms with E-state index in [1.54, 1.807) is 0 Å². The molecule has 0 aromatic rings. The number of unbranched alkanes of at least 4 members (excludes halogenated alkanes) is 4. The van der Waals surface area contributed by atoms with Crippen molar-refractivity contribution in [2.75, 3.05) is 13.2 Å². The lowest BCUT2D eigenvalue weighted by Gasteiger charge is -2.18. The van der Waals surface area contributed by atoms with Gasteiger partial charge >= 0.3 is 17.9 Å². The minimum atomic E-state index is -0.884. The molecule has 0 aromatic heterocycles. The van der Waals surface area contributed by atoms with E-state index in [1.165, 1.54) is 25.7 Å². The van der Waals surface area contributed by atoms with Crippen molar-refractivity contribution < 1.29 is 28.6 Å². The van der Waals surface area contributed by atoms with Gasteiger partial charge in [-0.05, 0) is 135 Å². The molecule has 0 saturated heterocycles. The zero-order valence-corrected chi connectivity index (χ0v) is 45.8. The molecule has 0 spiro atoms. The average molecular weight is 1000 g/mol. The van der Waals surface area contributed by atoms with Gasteiger partial charge in [-0.15, -0.1) is 0 Å². The third-order valence-corrected chi connectivity index (χ3v) is 10.6. The van der Waals surface area contributed by atoms with Gasteiger partial charge in [-0.2, -0.15) is 0 Å². The summed E-state index contributed by atoms with van der Waals surface area (Å²) in [6.07, 6.45) is 90.2. The van der Waals surface area contributed by atoms with Crippen LogP contribution in [0.25, 0.3) is 0 Å². The second kappa shape index (κ2) is 58.8. The van der Waals surface area contributed by atoms with E-state index >= 15 is 0 Å². The fourth-order valence-electron chi connectivity index (χ4n) is 6.48. The van der Waals surface area contributed by atoms with Crippen LogP contribution in [0.5, 0.6) is 0 Å². The molecule has 0 fully saturated rings. The molecule has 0 rings (SSSR count). The van der Waals surface area contributed by atoms with Crippen molar-refractivity contribution >= 4 is 17.9 Å². The summed E-state index contributed by atoms with van der Waals surface area (Å²) in [4.78, 5) is 38.1. The van der Waals surface area contributed by atoms with E-state index in [0.717, 1.165) is 103 Å². The number of rotatable bonds is 47. The number of allylic oxidation sites excluding steroid dienone is 32. The molecule has 0 aliphatic carbocycles. The van der Waals surface area contributed by atoms with E-state index in [-0.39, 0.29) is 38.4 Å². The molecular weight excluding hydrogens is 901 g/mol. The lowest BCUT2D eigenvalue weighted by molar-refractivity contribution is -0.166. The molecule has 0 amide bonds. The van der Waals surface area contributed by atoms with Crippen molar-refractivity contribution in [2.45, 2.75) is 194 Å². The molecule has 6 nitrogen and oxygen atoms in total. The van der Waals surface area contributed by atoms with Gasteiger partial charge in [-0.25, -0.2) is 0 Å². The Bertz CT molecular complexity index is 1810. The molecule has 0 N–H and O–H groups in total. The predicted molar refractivity (Wildman–Crippen MR) is 315 cm³/mol. The molecule has 0 saturated carbocycles. The van der Waals surface area contributed by atoms with Crippen LogP contribution in [0.3, 0.4) is 0 Å². The molecule has 0 bridgehead atoms. The van der Waals surface area contributed by atoms with Gasteiger partial charge in [0.15, 0.2) is 6.10 Å². The summed E-state index contributed by atoms with van der Waals surface area (Å²) in [6, 6.07) is 0. The van der Waals surface area contributed by atoms with Crippen LogP contribution in [0, 0.1) is 0 Å². The highest BCUT2D eigenvalue weighted by molar-refractivity contribution is 5.71. The number of hydrogen-bond donors (Lipinski definition) is 0. The first kappa shape index (κ1) is 67.2. The molecule has 1 unspecified atom stereocenters. The summed E-state index contributed by atoms with van der Waals surface area (Å²) < 4.78 is 16.6. The quantitative estimate of drug-likeness (QED) is 0.0262. The maximum absolute atomic E-state index is 12.8. The standard InChI is InChI=1S/C67H98O6/c1-4-7-10-13-16-19-22-25-28-31-33-36-39-42-45-48-51-54-57-60-66(69)72-63-64(62-71-65(68)59-56-53-50-47-44-41-38-35-30-27-24-21-18-15-12-9-6-3)73-67(70)61-58-55-52-49-46-43-40-37-34-32-29-26-23-20-17-14-11-8-5-2/h7-8,10-11,16-21,25-30,33-34,36-38,41-43,45-47,50-52,54-55,64H,4-6,9,12-15,22-24,31-32,35,39-40,44,48-49,53,56-63H2,1-3H3/b10-7-,11-8-,19-16-,20-17-,21-18-,28-25-,29-26-,30-27-,36-33-,37-34-,41-38-,45-42-,46-43-,50-47-,54-51-,55-52-. The molecule has 73 heavy (non-hydrogen) atoms. The van der Waals surface area contributed by atoms with Gasteiger partial charge in [0.1, 0.15) is 13.2 Å². The smallest absolute Gasteiger partial charge is 0.306 e. The average Bonchev–Trinajstić information content (AvgIpc) is 3.39. The van der Waals surface area contributed by atoms with E-state index in [4.69, 9.17) is 14.2 Å². The summed E-state index contributed by atoms with van der Waals surface area (Å²) >= 11 is 0. The Morgan fingerprint density at radius 2 is 0.548 bits per heavy atom. The molecule has 0 aromatic carbocycles. The minimum absolute atomic E-state index is 0.165. The van der Waals surface area contributed by atoms with Gasteiger partial charge in [-0.1, -0.05) is 228 Å². The second-order valence-corrected chi connectivity index (χ2v) is 17.4. The Balaban J connectivity index is 4.75. The van der Waals surface area contributed by atoms with Gasteiger partial charge in [0.25, 0.3) is 0 Å². The van der Waals surface area contributed by atoms with Crippen LogP contribution in [0.2, 0.25) is 0 Å². The third-order valence-electron chi connectivity index (χ3n) is 10.6. The van der Waals surface area contributed by atoms with Crippen LogP contribution in [0.1, 0.15) is 188 Å². The zero-order valence-electron chi connectivity index (χ0n) is 45.8. The lowest BCUT2D eigenvalue weighted by atomic mass is 10.2. The van der Waals surface area contributed by atoms with Crippen molar-refractivity contribution in [3.05, 3.63) is 194 Å². The fraction of sp³-hybridized carbons (Fsp3) is 0.478. The SMILES string of the molecule is CC/C=C\C/C=C\C/C=C\C/C=C\C/C=C\C/C=C\CCC(=O)OCC(COC(=O)CCC/C=C\C/C=C\C/C=C\C/C=C\CCCCC)OC(=O)CC/C=C\C/C=C\C/C=C\C/C=C\C/C=C\C/C=C\CC. The third kappa shape index (κ3) is 57.0. The number of esters is 3. The topological polar surface area (TPSA) is 78.9 Å². The van der Waals surface area contributed by atoms with E-state index < -0.39 is 18.0 Å². The normalized spacial score (nSPS) is 13.6. The molecule has 1 atom stereocenters. The number of carbonyl (C=O) groups excluding carboxylic acids is 3. The Morgan fingerprint density at radius 1 is 0.288 bits per heavy atom. The summed E-state index contributed by atoms with van der Waals surface area (Å²) in [7, 11) is 0. The van der Waals surface area contributed by atoms with Crippen molar-refractivity contribution in [1.82, 2.24) is 0 Å². The predicted octanol–water partition coefficient (Wildman–Crippen LogP) is 19.1. The molecule has 0 aliphatic heterocycles. The van der Waals surface area contributed by atoms with E-state index in [0.29, 0.717) is 19.3 Å². The first-order valence-electron chi connectivity index (χ1n) is 27.9. The molecular formula is C67H98O6. The second-order valence-electron chi connectivity index (χ2n) is 17.4.